The van der Waals surface area contributed by atoms with Crippen LogP contribution in [0.25, 0.3) is 0 Å². The third-order valence-corrected chi connectivity index (χ3v) is 2.54. The summed E-state index contributed by atoms with van der Waals surface area (Å²) in [6.07, 6.45) is -16.2. The minimum Gasteiger partial charge on any atom is -0.394 e. The molecule has 0 fully saturated rings. The van der Waals surface area contributed by atoms with Crippen LogP contribution in [-0.2, 0) is 28.4 Å². The van der Waals surface area contributed by atoms with Gasteiger partial charge in [0.15, 0.2) is 0 Å². The van der Waals surface area contributed by atoms with Crippen molar-refractivity contribution in [2.75, 3.05) is 66.1 Å². The van der Waals surface area contributed by atoms with Gasteiger partial charge < -0.3 is 34.3 Å². The fraction of sp³-hybridized carbons (Fsp3) is 1.00. The molecule has 0 aromatic rings. The summed E-state index contributed by atoms with van der Waals surface area (Å²) in [5.74, 6) is 0. The Morgan fingerprint density at radius 2 is 1.07 bits per heavy atom. The molecule has 1 unspecified atom stereocenters. The van der Waals surface area contributed by atoms with Crippen LogP contribution in [0.5, 0.6) is 0 Å². The first-order valence-electron chi connectivity index (χ1n) is 8.17. The van der Waals surface area contributed by atoms with Gasteiger partial charge in [0.1, 0.15) is 19.3 Å². The van der Waals surface area contributed by atoms with Crippen molar-refractivity contribution in [3.8, 4) is 0 Å². The monoisotopic (exact) mass is 450 g/mol. The minimum atomic E-state index is -5.39. The van der Waals surface area contributed by atoms with Gasteiger partial charge in [-0.25, -0.2) is 9.47 Å². The van der Waals surface area contributed by atoms with Gasteiger partial charge in [0.2, 0.25) is 0 Å². The molecule has 0 saturated heterocycles. The van der Waals surface area contributed by atoms with E-state index >= 15 is 0 Å². The zero-order valence-corrected chi connectivity index (χ0v) is 15.2. The zero-order valence-electron chi connectivity index (χ0n) is 15.2. The highest BCUT2D eigenvalue weighted by atomic mass is 19.3. The van der Waals surface area contributed by atoms with Gasteiger partial charge in [0, 0.05) is 0 Å². The smallest absolute Gasteiger partial charge is 0.394 e. The average molecular weight is 450 g/mol. The number of hydrogen-bond acceptors (Lipinski definition) is 9. The second-order valence-corrected chi connectivity index (χ2v) is 5.30. The Morgan fingerprint density at radius 1 is 0.621 bits per heavy atom. The van der Waals surface area contributed by atoms with E-state index in [0.717, 1.165) is 0 Å². The van der Waals surface area contributed by atoms with E-state index in [2.05, 4.69) is 28.4 Å². The van der Waals surface area contributed by atoms with E-state index in [1.807, 2.05) is 0 Å². The molecule has 0 saturated carbocycles. The summed E-state index contributed by atoms with van der Waals surface area (Å²) in [5, 5.41) is 26.1. The maximum absolute atomic E-state index is 13.3. The molecule has 0 aliphatic heterocycles. The van der Waals surface area contributed by atoms with Gasteiger partial charge in [-0.05, 0) is 0 Å². The Labute approximate surface area is 162 Å². The van der Waals surface area contributed by atoms with E-state index in [4.69, 9.17) is 10.2 Å². The molecule has 0 aliphatic carbocycles. The lowest BCUT2D eigenvalue weighted by Gasteiger charge is -2.26. The van der Waals surface area contributed by atoms with Crippen LogP contribution in [0.15, 0.2) is 0 Å². The molecule has 0 amide bonds. The molecule has 0 aliphatic rings. The van der Waals surface area contributed by atoms with Crippen molar-refractivity contribution >= 4 is 0 Å². The van der Waals surface area contributed by atoms with Crippen LogP contribution in [0.2, 0.25) is 0 Å². The van der Waals surface area contributed by atoms with E-state index in [1.165, 1.54) is 0 Å². The summed E-state index contributed by atoms with van der Waals surface area (Å²) in [6, 6.07) is 0. The Kier molecular flexibility index (Phi) is 13.9. The first-order chi connectivity index (χ1) is 13.4. The Balaban J connectivity index is 4.25. The van der Waals surface area contributed by atoms with Gasteiger partial charge >= 0.3 is 18.5 Å². The van der Waals surface area contributed by atoms with E-state index in [1.54, 1.807) is 0 Å². The number of aliphatic hydroxyl groups excluding tert-OH is 3. The lowest BCUT2D eigenvalue weighted by atomic mass is 10.4. The lowest BCUT2D eigenvalue weighted by Crippen LogP contribution is -2.44. The number of halogens is 6. The van der Waals surface area contributed by atoms with Crippen molar-refractivity contribution in [3.63, 3.8) is 0 Å². The van der Waals surface area contributed by atoms with Crippen LogP contribution in [0.3, 0.4) is 0 Å². The van der Waals surface area contributed by atoms with Gasteiger partial charge in [0.25, 0.3) is 0 Å². The van der Waals surface area contributed by atoms with E-state index in [-0.39, 0.29) is 39.6 Å². The molecule has 0 radical (unpaired) electrons. The fourth-order valence-electron chi connectivity index (χ4n) is 1.55. The molecule has 29 heavy (non-hydrogen) atoms. The fourth-order valence-corrected chi connectivity index (χ4v) is 1.55. The Bertz CT molecular complexity index is 417. The third kappa shape index (κ3) is 16.7. The van der Waals surface area contributed by atoms with Crippen molar-refractivity contribution in [3.05, 3.63) is 0 Å². The molecule has 0 aromatic carbocycles. The first-order valence-corrected chi connectivity index (χ1v) is 8.17. The topological polar surface area (TPSA) is 116 Å². The highest BCUT2D eigenvalue weighted by Crippen LogP contribution is 2.33. The standard InChI is InChI=1S/C14H24F6O9/c15-12(16,9-26-6-5-24-3-1-21)28-14(19,20)29-13(17,18)10-27-8-11(23)7-25-4-2-22/h11,21-23H,1-10H2. The first kappa shape index (κ1) is 28.2. The summed E-state index contributed by atoms with van der Waals surface area (Å²) in [5.41, 5.74) is 0. The molecule has 3 N–H and O–H groups in total. The minimum absolute atomic E-state index is 0.0912. The summed E-state index contributed by atoms with van der Waals surface area (Å²) in [7, 11) is 0. The molecular weight excluding hydrogens is 426 g/mol. The quantitative estimate of drug-likeness (QED) is 0.144. The molecule has 0 aromatic heterocycles. The van der Waals surface area contributed by atoms with Gasteiger partial charge in [0.05, 0.1) is 52.9 Å². The molecule has 0 rings (SSSR count). The summed E-state index contributed by atoms with van der Waals surface area (Å²) in [6.45, 7) is -6.22. The van der Waals surface area contributed by atoms with Crippen molar-refractivity contribution < 1.29 is 70.1 Å². The molecule has 15 heteroatoms. The average Bonchev–Trinajstić information content (AvgIpc) is 2.55. The highest BCUT2D eigenvalue weighted by Gasteiger charge is 2.52. The molecule has 176 valence electrons. The highest BCUT2D eigenvalue weighted by molar-refractivity contribution is 4.58. The lowest BCUT2D eigenvalue weighted by molar-refractivity contribution is -0.518. The number of aliphatic hydroxyl groups is 3. The zero-order chi connectivity index (χ0) is 22.4. The Hall–Kier alpha value is -0.780. The van der Waals surface area contributed by atoms with Crippen molar-refractivity contribution in [2.24, 2.45) is 0 Å². The number of ether oxygens (including phenoxy) is 6. The van der Waals surface area contributed by atoms with E-state index in [0.29, 0.717) is 0 Å². The molecule has 0 spiro atoms. The van der Waals surface area contributed by atoms with Gasteiger partial charge in [-0.1, -0.05) is 0 Å². The number of rotatable bonds is 19. The molecule has 0 heterocycles. The summed E-state index contributed by atoms with van der Waals surface area (Å²) >= 11 is 0. The van der Waals surface area contributed by atoms with Gasteiger partial charge in [-0.15, -0.1) is 8.78 Å². The second-order valence-electron chi connectivity index (χ2n) is 5.30. The van der Waals surface area contributed by atoms with Gasteiger partial charge in [-0.2, -0.15) is 17.6 Å². The van der Waals surface area contributed by atoms with Crippen molar-refractivity contribution in [2.45, 2.75) is 24.6 Å². The predicted octanol–water partition coefficient (Wildman–Crippen LogP) is 0.167. The van der Waals surface area contributed by atoms with E-state index < -0.39 is 51.0 Å². The van der Waals surface area contributed by atoms with Crippen molar-refractivity contribution in [1.82, 2.24) is 0 Å². The largest absolute Gasteiger partial charge is 0.495 e. The maximum Gasteiger partial charge on any atom is 0.495 e. The molecule has 9 nitrogen and oxygen atoms in total. The van der Waals surface area contributed by atoms with Crippen LogP contribution in [0.4, 0.5) is 26.3 Å². The Morgan fingerprint density at radius 3 is 1.62 bits per heavy atom. The second kappa shape index (κ2) is 14.3. The normalized spacial score (nSPS) is 14.4. The van der Waals surface area contributed by atoms with Crippen LogP contribution in [0.1, 0.15) is 0 Å². The van der Waals surface area contributed by atoms with Crippen LogP contribution in [-0.4, -0.2) is 106 Å². The SMILES string of the molecule is OCCOCCOCC(F)(F)OC(F)(F)OC(F)(F)COCC(O)COCCO. The third-order valence-electron chi connectivity index (χ3n) is 2.54. The maximum atomic E-state index is 13.3. The molecular formula is C14H24F6O9. The van der Waals surface area contributed by atoms with Crippen LogP contribution >= 0.6 is 0 Å². The number of hydrogen-bond donors (Lipinski definition) is 3. The molecule has 1 atom stereocenters. The molecule has 0 bridgehead atoms. The number of alkyl halides is 6. The van der Waals surface area contributed by atoms with Gasteiger partial charge in [-0.3, -0.25) is 0 Å². The van der Waals surface area contributed by atoms with Crippen molar-refractivity contribution in [1.29, 1.82) is 0 Å². The van der Waals surface area contributed by atoms with E-state index in [9.17, 15) is 31.4 Å². The summed E-state index contributed by atoms with van der Waals surface area (Å²) in [4.78, 5) is 0. The summed E-state index contributed by atoms with van der Waals surface area (Å²) < 4.78 is 103. The van der Waals surface area contributed by atoms with Crippen LogP contribution in [0, 0.1) is 0 Å². The predicted molar refractivity (Wildman–Crippen MR) is 80.5 cm³/mol. The van der Waals surface area contributed by atoms with Crippen LogP contribution < -0.4 is 0 Å².